The van der Waals surface area contributed by atoms with Gasteiger partial charge in [0.1, 0.15) is 6.29 Å². The molecular formula is C9H18N2O2. The minimum atomic E-state index is -0.521. The summed E-state index contributed by atoms with van der Waals surface area (Å²) in [7, 11) is 0. The fourth-order valence-corrected chi connectivity index (χ4v) is 0.867. The summed E-state index contributed by atoms with van der Waals surface area (Å²) < 4.78 is 0. The van der Waals surface area contributed by atoms with Gasteiger partial charge in [0.25, 0.3) is 0 Å². The minimum absolute atomic E-state index is 0.138. The van der Waals surface area contributed by atoms with E-state index in [0.29, 0.717) is 6.29 Å². The van der Waals surface area contributed by atoms with E-state index in [-0.39, 0.29) is 11.8 Å². The highest BCUT2D eigenvalue weighted by molar-refractivity contribution is 5.84. The second-order valence-corrected chi connectivity index (χ2v) is 3.34. The predicted molar refractivity (Wildman–Crippen MR) is 51.1 cm³/mol. The van der Waals surface area contributed by atoms with E-state index in [0.717, 1.165) is 6.42 Å². The summed E-state index contributed by atoms with van der Waals surface area (Å²) in [5.74, 6) is -0.118. The van der Waals surface area contributed by atoms with Crippen LogP contribution < -0.4 is 11.1 Å². The number of amides is 1. The Morgan fingerprint density at radius 1 is 1.54 bits per heavy atom. The summed E-state index contributed by atoms with van der Waals surface area (Å²) in [4.78, 5) is 21.6. The molecule has 4 heteroatoms. The Kier molecular flexibility index (Phi) is 5.30. The van der Waals surface area contributed by atoms with Gasteiger partial charge in [-0.05, 0) is 12.8 Å². The molecule has 0 aromatic rings. The summed E-state index contributed by atoms with van der Waals surface area (Å²) >= 11 is 0. The van der Waals surface area contributed by atoms with E-state index < -0.39 is 12.1 Å². The molecule has 0 aromatic heterocycles. The molecule has 0 bridgehead atoms. The number of carbonyl (C=O) groups excluding carboxylic acids is 2. The predicted octanol–water partition coefficient (Wildman–Crippen LogP) is 0.0634. The Labute approximate surface area is 78.9 Å². The van der Waals surface area contributed by atoms with Crippen LogP contribution in [0, 0.1) is 5.92 Å². The third kappa shape index (κ3) is 4.03. The van der Waals surface area contributed by atoms with E-state index in [4.69, 9.17) is 5.73 Å². The smallest absolute Gasteiger partial charge is 0.237 e. The maximum Gasteiger partial charge on any atom is 0.237 e. The molecule has 0 aromatic carbocycles. The summed E-state index contributed by atoms with van der Waals surface area (Å²) in [5, 5.41) is 2.51. The largest absolute Gasteiger partial charge is 0.346 e. The van der Waals surface area contributed by atoms with Crippen LogP contribution in [0.25, 0.3) is 0 Å². The van der Waals surface area contributed by atoms with Gasteiger partial charge in [0, 0.05) is 0 Å². The zero-order valence-corrected chi connectivity index (χ0v) is 8.41. The lowest BCUT2D eigenvalue weighted by Crippen LogP contribution is -2.47. The van der Waals surface area contributed by atoms with Crippen molar-refractivity contribution in [2.75, 3.05) is 0 Å². The van der Waals surface area contributed by atoms with Crippen molar-refractivity contribution in [1.29, 1.82) is 0 Å². The molecular weight excluding hydrogens is 168 g/mol. The Hall–Kier alpha value is -0.900. The fourth-order valence-electron chi connectivity index (χ4n) is 0.867. The van der Waals surface area contributed by atoms with Crippen molar-refractivity contribution < 1.29 is 9.59 Å². The average molecular weight is 186 g/mol. The average Bonchev–Trinajstić information content (AvgIpc) is 2.14. The Morgan fingerprint density at radius 3 is 2.46 bits per heavy atom. The van der Waals surface area contributed by atoms with E-state index in [1.165, 1.54) is 0 Å². The molecule has 0 spiro atoms. The molecule has 0 aliphatic heterocycles. The molecule has 0 unspecified atom stereocenters. The molecule has 3 atom stereocenters. The number of rotatable bonds is 5. The minimum Gasteiger partial charge on any atom is -0.346 e. The van der Waals surface area contributed by atoms with E-state index in [1.807, 2.05) is 13.8 Å². The number of nitrogens with two attached hydrogens (primary N) is 1. The first kappa shape index (κ1) is 12.1. The highest BCUT2D eigenvalue weighted by Crippen LogP contribution is 2.04. The van der Waals surface area contributed by atoms with Gasteiger partial charge in [0.15, 0.2) is 0 Å². The van der Waals surface area contributed by atoms with Crippen LogP contribution in [0.4, 0.5) is 0 Å². The number of aldehydes is 1. The van der Waals surface area contributed by atoms with Crippen molar-refractivity contribution in [3.8, 4) is 0 Å². The van der Waals surface area contributed by atoms with Gasteiger partial charge < -0.3 is 15.8 Å². The van der Waals surface area contributed by atoms with Crippen LogP contribution in [0.2, 0.25) is 0 Å². The van der Waals surface area contributed by atoms with E-state index in [2.05, 4.69) is 5.32 Å². The van der Waals surface area contributed by atoms with Crippen molar-refractivity contribution in [2.45, 2.75) is 39.3 Å². The quantitative estimate of drug-likeness (QED) is 0.596. The number of carbonyl (C=O) groups is 2. The molecule has 76 valence electrons. The molecule has 13 heavy (non-hydrogen) atoms. The third-order valence-electron chi connectivity index (χ3n) is 2.13. The van der Waals surface area contributed by atoms with Gasteiger partial charge in [0.05, 0.1) is 12.1 Å². The Balaban J connectivity index is 4.03. The monoisotopic (exact) mass is 186 g/mol. The van der Waals surface area contributed by atoms with Crippen molar-refractivity contribution in [1.82, 2.24) is 5.32 Å². The van der Waals surface area contributed by atoms with Gasteiger partial charge in [-0.15, -0.1) is 0 Å². The van der Waals surface area contributed by atoms with Gasteiger partial charge in [-0.1, -0.05) is 20.3 Å². The zero-order valence-electron chi connectivity index (χ0n) is 8.41. The molecule has 0 saturated heterocycles. The highest BCUT2D eigenvalue weighted by atomic mass is 16.2. The lowest BCUT2D eigenvalue weighted by molar-refractivity contribution is -0.125. The topological polar surface area (TPSA) is 72.2 Å². The van der Waals surface area contributed by atoms with E-state index in [9.17, 15) is 9.59 Å². The lowest BCUT2D eigenvalue weighted by atomic mass is 9.99. The van der Waals surface area contributed by atoms with Crippen molar-refractivity contribution in [2.24, 2.45) is 11.7 Å². The van der Waals surface area contributed by atoms with Gasteiger partial charge >= 0.3 is 0 Å². The molecule has 0 radical (unpaired) electrons. The molecule has 1 amide bonds. The van der Waals surface area contributed by atoms with Crippen LogP contribution in [-0.4, -0.2) is 24.3 Å². The van der Waals surface area contributed by atoms with E-state index >= 15 is 0 Å². The molecule has 0 aliphatic rings. The van der Waals surface area contributed by atoms with Crippen molar-refractivity contribution >= 4 is 12.2 Å². The summed E-state index contributed by atoms with van der Waals surface area (Å²) in [6.07, 6.45) is 1.53. The highest BCUT2D eigenvalue weighted by Gasteiger charge is 2.20. The van der Waals surface area contributed by atoms with Crippen LogP contribution in [-0.2, 0) is 9.59 Å². The first-order chi connectivity index (χ1) is 6.02. The first-order valence-corrected chi connectivity index (χ1v) is 4.54. The molecule has 0 heterocycles. The van der Waals surface area contributed by atoms with Crippen LogP contribution >= 0.6 is 0 Å². The second-order valence-electron chi connectivity index (χ2n) is 3.34. The molecule has 0 aliphatic carbocycles. The van der Waals surface area contributed by atoms with Gasteiger partial charge in [0.2, 0.25) is 5.91 Å². The van der Waals surface area contributed by atoms with E-state index in [1.54, 1.807) is 6.92 Å². The number of hydrogen-bond acceptors (Lipinski definition) is 3. The van der Waals surface area contributed by atoms with Crippen molar-refractivity contribution in [3.05, 3.63) is 0 Å². The molecule has 0 rings (SSSR count). The van der Waals surface area contributed by atoms with Crippen LogP contribution in [0.1, 0.15) is 27.2 Å². The lowest BCUT2D eigenvalue weighted by Gasteiger charge is -2.18. The summed E-state index contributed by atoms with van der Waals surface area (Å²) in [6.45, 7) is 5.50. The van der Waals surface area contributed by atoms with Crippen LogP contribution in [0.3, 0.4) is 0 Å². The Morgan fingerprint density at radius 2 is 2.08 bits per heavy atom. The fraction of sp³-hybridized carbons (Fsp3) is 0.778. The van der Waals surface area contributed by atoms with Gasteiger partial charge in [-0.2, -0.15) is 0 Å². The number of hydrogen-bond donors (Lipinski definition) is 2. The second kappa shape index (κ2) is 5.70. The summed E-state index contributed by atoms with van der Waals surface area (Å²) in [6, 6.07) is -0.977. The van der Waals surface area contributed by atoms with Crippen LogP contribution in [0.5, 0.6) is 0 Å². The first-order valence-electron chi connectivity index (χ1n) is 4.54. The van der Waals surface area contributed by atoms with Gasteiger partial charge in [-0.25, -0.2) is 0 Å². The normalized spacial score (nSPS) is 17.2. The molecule has 0 saturated carbocycles. The van der Waals surface area contributed by atoms with Crippen molar-refractivity contribution in [3.63, 3.8) is 0 Å². The standard InChI is InChI=1S/C9H18N2O2/c1-4-6(2)8(10)9(13)11-7(3)5-12/h5-8H,4,10H2,1-3H3,(H,11,13)/t6-,7-,8-/m0/s1. The Bertz CT molecular complexity index is 182. The van der Waals surface area contributed by atoms with Gasteiger partial charge in [-0.3, -0.25) is 4.79 Å². The summed E-state index contributed by atoms with van der Waals surface area (Å²) in [5.41, 5.74) is 5.65. The third-order valence-corrected chi connectivity index (χ3v) is 2.13. The SMILES string of the molecule is CC[C@H](C)[C@H](N)C(=O)N[C@@H](C)C=O. The maximum atomic E-state index is 11.3. The molecule has 0 fully saturated rings. The molecule has 3 N–H and O–H groups in total. The zero-order chi connectivity index (χ0) is 10.4. The maximum absolute atomic E-state index is 11.3. The molecule has 4 nitrogen and oxygen atoms in total. The van der Waals surface area contributed by atoms with Crippen LogP contribution in [0.15, 0.2) is 0 Å². The number of nitrogens with one attached hydrogen (secondary N) is 1.